The molecule has 0 unspecified atom stereocenters. The van der Waals surface area contributed by atoms with Crippen molar-refractivity contribution in [1.82, 2.24) is 4.57 Å². The Balaban J connectivity index is 0.981. The van der Waals surface area contributed by atoms with Crippen LogP contribution in [0.2, 0.25) is 0 Å². The van der Waals surface area contributed by atoms with Crippen LogP contribution in [-0.4, -0.2) is 11.3 Å². The van der Waals surface area contributed by atoms with E-state index in [0.717, 1.165) is 149 Å². The van der Waals surface area contributed by atoms with Crippen molar-refractivity contribution in [3.63, 3.8) is 0 Å². The van der Waals surface area contributed by atoms with Gasteiger partial charge in [0.15, 0.2) is 0 Å². The van der Waals surface area contributed by atoms with Gasteiger partial charge in [0.1, 0.15) is 22.7 Å². The van der Waals surface area contributed by atoms with Crippen molar-refractivity contribution in [1.29, 1.82) is 0 Å². The number of furan rings is 1. The number of nitrogens with zero attached hydrogens (tertiary/aromatic N) is 2. The highest BCUT2D eigenvalue weighted by Gasteiger charge is 2.53. The van der Waals surface area contributed by atoms with Crippen LogP contribution >= 0.6 is 11.8 Å². The molecule has 20 rings (SSSR count). The molecule has 4 aliphatic rings. The molecule has 0 radical (unpaired) electrons. The topological polar surface area (TPSA) is 30.5 Å². The highest BCUT2D eigenvalue weighted by molar-refractivity contribution is 8.00. The van der Waals surface area contributed by atoms with E-state index in [-0.39, 0.29) is 33.9 Å². The maximum atomic E-state index is 9.88. The Labute approximate surface area is 541 Å². The van der Waals surface area contributed by atoms with Gasteiger partial charge in [-0.2, -0.15) is 0 Å². The van der Waals surface area contributed by atoms with Gasteiger partial charge in [-0.15, -0.1) is 0 Å². The number of aromatic nitrogens is 1. The van der Waals surface area contributed by atoms with Crippen LogP contribution in [0.15, 0.2) is 323 Å². The van der Waals surface area contributed by atoms with Gasteiger partial charge in [-0.25, -0.2) is 0 Å². The van der Waals surface area contributed by atoms with Crippen LogP contribution in [0.4, 0.5) is 17.1 Å². The Hall–Kier alpha value is -11.3. The summed E-state index contributed by atoms with van der Waals surface area (Å²) >= 11 is 1.61. The van der Waals surface area contributed by atoms with E-state index in [1.54, 1.807) is 16.3 Å². The molecule has 14 aromatic carbocycles. The molecule has 0 N–H and O–H groups in total. The molecule has 91 heavy (non-hydrogen) atoms. The Bertz CT molecular complexity index is 6050. The predicted molar refractivity (Wildman–Crippen MR) is 377 cm³/mol. The van der Waals surface area contributed by atoms with Crippen LogP contribution in [0.1, 0.15) is 33.2 Å². The third-order valence-electron chi connectivity index (χ3n) is 19.3. The second-order valence-electron chi connectivity index (χ2n) is 23.9. The molecule has 0 bridgehead atoms. The first-order valence-electron chi connectivity index (χ1n) is 34.7. The van der Waals surface area contributed by atoms with E-state index in [2.05, 4.69) is 229 Å². The summed E-state index contributed by atoms with van der Waals surface area (Å²) in [7, 11) is 0. The van der Waals surface area contributed by atoms with Gasteiger partial charge in [-0.05, 0) is 121 Å². The third-order valence-corrected chi connectivity index (χ3v) is 20.5. The lowest BCUT2D eigenvalue weighted by atomic mass is 9.34. The number of ether oxygens (including phenoxy) is 1. The summed E-state index contributed by atoms with van der Waals surface area (Å²) in [5, 5.41) is 1.89. The maximum Gasteiger partial charge on any atom is 0.249 e. The van der Waals surface area contributed by atoms with Crippen LogP contribution in [0, 0.1) is 0 Å². The van der Waals surface area contributed by atoms with Gasteiger partial charge in [0.05, 0.1) is 33.1 Å². The molecule has 1 spiro atoms. The third kappa shape index (κ3) is 7.19. The van der Waals surface area contributed by atoms with Gasteiger partial charge < -0.3 is 18.6 Å². The molecule has 2 aromatic heterocycles. The van der Waals surface area contributed by atoms with Gasteiger partial charge >= 0.3 is 0 Å². The van der Waals surface area contributed by atoms with Crippen LogP contribution in [0.3, 0.4) is 0 Å². The standard InChI is InChI=1S/C85H51BN2O2S/c1-3-22-52(23-4-1)54-26-19-28-56(46-54)59-35-21-36-60(57-29-20-27-55(47-57)53-24-5-2-6-25-53)83(59)88-74-51-79-69(85(68-39-14-18-43-77(68)90-79)66-37-12-7-30-61(66)62-31-8-13-38-67(62)85)50-71(74)86-70-44-45-78-81(65-34-11-17-42-76(65)89-78)84(70)91-80-49-58(48-75(88)82(80)86)87-72-40-15-9-32-63(72)64-33-10-16-41-73(64)87/h1-51H/i9D,10D,15D,16D,32D,33D,40D,41D. The van der Waals surface area contributed by atoms with Crippen LogP contribution in [-0.2, 0) is 5.41 Å². The summed E-state index contributed by atoms with van der Waals surface area (Å²) in [4.78, 5) is 4.20. The SMILES string of the molecule is [2H]c1c([2H])c([2H])c2c(c1[2H])c1c([2H])c([2H])c([2H])c([2H])c1n2-c1cc2c3c(c1)N(c1c(-c4cccc(-c5ccccc5)c4)cccc1-c1cccc(-c4ccccc4)c1)c1cc4c(cc1B3c1ccc3oc5ccccc5c3c1S2)C1(c2ccccc2O4)c2ccccc2-c2ccccc21. The Morgan fingerprint density at radius 1 is 0.396 bits per heavy atom. The normalized spacial score (nSPS) is 14.8. The van der Waals surface area contributed by atoms with Gasteiger partial charge in [0.2, 0.25) is 6.71 Å². The number of anilines is 3. The highest BCUT2D eigenvalue weighted by Crippen LogP contribution is 2.63. The molecule has 0 atom stereocenters. The first kappa shape index (κ1) is 43.4. The fourth-order valence-electron chi connectivity index (χ4n) is 15.6. The lowest BCUT2D eigenvalue weighted by Gasteiger charge is -2.45. The number of rotatable bonds is 6. The van der Waals surface area contributed by atoms with Crippen molar-refractivity contribution in [3.8, 4) is 72.8 Å². The molecule has 0 saturated carbocycles. The number of fused-ring (bicyclic) bond motifs is 20. The van der Waals surface area contributed by atoms with Gasteiger partial charge in [-0.1, -0.05) is 266 Å². The summed E-state index contributed by atoms with van der Waals surface area (Å²) in [6, 6.07) is 88.4. The van der Waals surface area contributed by atoms with Crippen molar-refractivity contribution in [2.24, 2.45) is 0 Å². The number of para-hydroxylation sites is 5. The number of hydrogen-bond donors (Lipinski definition) is 0. The minimum atomic E-state index is -0.850. The van der Waals surface area contributed by atoms with Crippen LogP contribution < -0.4 is 26.0 Å². The fourth-order valence-corrected chi connectivity index (χ4v) is 17.0. The van der Waals surface area contributed by atoms with Crippen molar-refractivity contribution >= 4 is 95.7 Å². The van der Waals surface area contributed by atoms with E-state index < -0.39 is 48.4 Å². The zero-order chi connectivity index (χ0) is 66.4. The molecule has 422 valence electrons. The molecule has 0 saturated heterocycles. The van der Waals surface area contributed by atoms with Gasteiger partial charge in [-0.3, -0.25) is 0 Å². The number of hydrogen-bond acceptors (Lipinski definition) is 4. The Morgan fingerprint density at radius 2 is 0.956 bits per heavy atom. The zero-order valence-corrected chi connectivity index (χ0v) is 49.3. The summed E-state index contributed by atoms with van der Waals surface area (Å²) in [5.74, 6) is 1.39. The summed E-state index contributed by atoms with van der Waals surface area (Å²) in [6.45, 7) is -0.498. The van der Waals surface area contributed by atoms with E-state index in [1.165, 1.54) is 0 Å². The lowest BCUT2D eigenvalue weighted by Crippen LogP contribution is -2.60. The van der Waals surface area contributed by atoms with E-state index in [4.69, 9.17) is 11.9 Å². The lowest BCUT2D eigenvalue weighted by molar-refractivity contribution is 0.437. The van der Waals surface area contributed by atoms with Crippen molar-refractivity contribution in [2.75, 3.05) is 4.90 Å². The second kappa shape index (κ2) is 19.3. The molecule has 4 nitrogen and oxygen atoms in total. The van der Waals surface area contributed by atoms with Crippen molar-refractivity contribution < 1.29 is 20.1 Å². The minimum Gasteiger partial charge on any atom is -0.457 e. The van der Waals surface area contributed by atoms with E-state index in [0.29, 0.717) is 11.4 Å². The average molecular weight is 1180 g/mol. The first-order chi connectivity index (χ1) is 48.5. The van der Waals surface area contributed by atoms with Crippen molar-refractivity contribution in [3.05, 3.63) is 331 Å². The molecule has 6 heteroatoms. The van der Waals surface area contributed by atoms with E-state index >= 15 is 0 Å². The maximum absolute atomic E-state index is 9.88. The van der Waals surface area contributed by atoms with Gasteiger partial charge in [0, 0.05) is 76.7 Å². The summed E-state index contributed by atoms with van der Waals surface area (Å²) in [6.07, 6.45) is 0. The molecule has 3 aliphatic heterocycles. The molecule has 1 aliphatic carbocycles. The quantitative estimate of drug-likeness (QED) is 0.155. The Morgan fingerprint density at radius 3 is 1.64 bits per heavy atom. The van der Waals surface area contributed by atoms with E-state index in [1.807, 2.05) is 36.4 Å². The molecule has 5 heterocycles. The summed E-state index contributed by atoms with van der Waals surface area (Å²) in [5.41, 5.74) is 21.0. The largest absolute Gasteiger partial charge is 0.457 e. The fraction of sp³-hybridized carbons (Fsp3) is 0.0118. The Kier molecular flexibility index (Phi) is 9.22. The molecular formula is C85H51BN2O2S. The van der Waals surface area contributed by atoms with Crippen molar-refractivity contribution in [2.45, 2.75) is 15.2 Å². The first-order valence-corrected chi connectivity index (χ1v) is 31.5. The van der Waals surface area contributed by atoms with E-state index in [9.17, 15) is 8.22 Å². The summed E-state index contributed by atoms with van der Waals surface area (Å²) < 4.78 is 91.7. The number of benzene rings is 14. The molecule has 16 aromatic rings. The predicted octanol–water partition coefficient (Wildman–Crippen LogP) is 20.6. The zero-order valence-electron chi connectivity index (χ0n) is 56.5. The average Bonchev–Trinajstić information content (AvgIpc) is 1.65. The molecule has 0 amide bonds. The smallest absolute Gasteiger partial charge is 0.249 e. The molecular weight excluding hydrogens is 1120 g/mol. The van der Waals surface area contributed by atoms with Crippen LogP contribution in [0.25, 0.3) is 105 Å². The minimum absolute atomic E-state index is 0.00343. The second-order valence-corrected chi connectivity index (χ2v) is 25.0. The monoisotopic (exact) mass is 1180 g/mol. The molecule has 0 fully saturated rings. The highest BCUT2D eigenvalue weighted by atomic mass is 32.2. The van der Waals surface area contributed by atoms with Crippen LogP contribution in [0.5, 0.6) is 11.5 Å². The van der Waals surface area contributed by atoms with Gasteiger partial charge in [0.25, 0.3) is 0 Å².